The normalized spacial score (nSPS) is 14.8. The van der Waals surface area contributed by atoms with Crippen LogP contribution in [0.1, 0.15) is 83.1 Å². The first-order valence-electron chi connectivity index (χ1n) is 21.1. The van der Waals surface area contributed by atoms with Gasteiger partial charge in [-0.2, -0.15) is 0 Å². The van der Waals surface area contributed by atoms with Crippen molar-refractivity contribution in [2.45, 2.75) is 110 Å². The Morgan fingerprint density at radius 1 is 0.883 bits per heavy atom. The zero-order valence-corrected chi connectivity index (χ0v) is 38.7. The van der Waals surface area contributed by atoms with E-state index in [0.717, 1.165) is 51.8 Å². The second kappa shape index (κ2) is 19.0. The van der Waals surface area contributed by atoms with Gasteiger partial charge in [0, 0.05) is 33.8 Å². The molecule has 1 aliphatic heterocycles. The molecule has 60 heavy (non-hydrogen) atoms. The number of nitrogens with two attached hydrogens (primary N) is 1. The van der Waals surface area contributed by atoms with Crippen molar-refractivity contribution in [3.05, 3.63) is 113 Å². The number of hydrogen-bond donors (Lipinski definition) is 2. The number of benzene rings is 4. The van der Waals surface area contributed by atoms with Gasteiger partial charge in [-0.25, -0.2) is 0 Å². The van der Waals surface area contributed by atoms with Crippen LogP contribution in [-0.4, -0.2) is 57.1 Å². The maximum Gasteiger partial charge on any atom is 0.313 e. The zero-order valence-electron chi connectivity index (χ0n) is 36.9. The second-order valence-electron chi connectivity index (χ2n) is 18.5. The number of amides is 1. The van der Waals surface area contributed by atoms with Crippen LogP contribution >= 0.6 is 11.3 Å². The molecule has 0 spiro atoms. The van der Waals surface area contributed by atoms with Gasteiger partial charge in [0.1, 0.15) is 35.9 Å². The molecule has 2 unspecified atom stereocenters. The van der Waals surface area contributed by atoms with Gasteiger partial charge in [-0.3, -0.25) is 14.5 Å². The predicted molar refractivity (Wildman–Crippen MR) is 247 cm³/mol. The summed E-state index contributed by atoms with van der Waals surface area (Å²) in [6.07, 6.45) is 2.03. The Hall–Kier alpha value is -4.52. The monoisotopic (exact) mass is 849 g/mol. The van der Waals surface area contributed by atoms with Crippen molar-refractivity contribution in [2.75, 3.05) is 25.5 Å². The van der Waals surface area contributed by atoms with Gasteiger partial charge in [0.15, 0.2) is 8.32 Å². The molecule has 2 heterocycles. The predicted octanol–water partition coefficient (Wildman–Crippen LogP) is 10.9. The van der Waals surface area contributed by atoms with Crippen molar-refractivity contribution in [1.82, 2.24) is 4.90 Å². The number of ether oxygens (including phenoxy) is 3. The molecular formula is C49H63N3O6SSi. The zero-order chi connectivity index (χ0) is 43.2. The molecule has 0 radical (unpaired) electrons. The smallest absolute Gasteiger partial charge is 0.313 e. The summed E-state index contributed by atoms with van der Waals surface area (Å²) in [5.74, 6) is -0.146. The van der Waals surface area contributed by atoms with Crippen molar-refractivity contribution in [1.29, 1.82) is 0 Å². The number of anilines is 1. The third-order valence-electron chi connectivity index (χ3n) is 11.5. The number of likely N-dealkylation sites (tertiary alicyclic amines) is 1. The second-order valence-corrected chi connectivity index (χ2v) is 24.3. The lowest BCUT2D eigenvalue weighted by atomic mass is 9.97. The Labute approximate surface area is 361 Å². The van der Waals surface area contributed by atoms with E-state index in [2.05, 4.69) is 92.6 Å². The number of carbonyl (C=O) groups is 2. The number of fused-ring (bicyclic) bond motifs is 1. The van der Waals surface area contributed by atoms with Crippen LogP contribution in [-0.2, 0) is 38.3 Å². The summed E-state index contributed by atoms with van der Waals surface area (Å²) in [6, 6.07) is 31.0. The fourth-order valence-electron chi connectivity index (χ4n) is 7.21. The topological polar surface area (TPSA) is 112 Å². The summed E-state index contributed by atoms with van der Waals surface area (Å²) in [5, 5.41) is 4.04. The molecule has 11 heteroatoms. The van der Waals surface area contributed by atoms with Gasteiger partial charge in [0.2, 0.25) is 5.91 Å². The first-order chi connectivity index (χ1) is 28.4. The van der Waals surface area contributed by atoms with E-state index in [1.807, 2.05) is 42.5 Å². The Balaban J connectivity index is 1.25. The summed E-state index contributed by atoms with van der Waals surface area (Å²) in [7, 11) is -0.602. The molecule has 5 aromatic rings. The van der Waals surface area contributed by atoms with E-state index in [1.165, 1.54) is 34.9 Å². The molecule has 0 aliphatic carbocycles. The van der Waals surface area contributed by atoms with Gasteiger partial charge in [-0.05, 0) is 135 Å². The first kappa shape index (κ1) is 45.0. The highest BCUT2D eigenvalue weighted by atomic mass is 32.1. The van der Waals surface area contributed by atoms with Gasteiger partial charge in [-0.15, -0.1) is 11.3 Å². The van der Waals surface area contributed by atoms with Crippen LogP contribution in [0.5, 0.6) is 11.5 Å². The van der Waals surface area contributed by atoms with E-state index >= 15 is 0 Å². The van der Waals surface area contributed by atoms with E-state index in [0.29, 0.717) is 18.7 Å². The molecule has 320 valence electrons. The third-order valence-corrected chi connectivity index (χ3v) is 17.2. The molecular weight excluding hydrogens is 787 g/mol. The Bertz CT molecular complexity index is 2240. The largest absolute Gasteiger partial charge is 0.496 e. The summed E-state index contributed by atoms with van der Waals surface area (Å²) >= 11 is 1.73. The SMILES string of the molecule is COc1cc(Cc2c(-c3ccc(NC(=O)CC(C(=O)OC(C)(C)C)C(N)O[Si](C)(C)C(C)(C)C)cc3)sc3cc(OCc4ccccc4)ccc23)ccc1CN1CCCC1. The lowest BCUT2D eigenvalue weighted by molar-refractivity contribution is -0.164. The minimum absolute atomic E-state index is 0.135. The number of nitrogens with one attached hydrogen (secondary N) is 1. The van der Waals surface area contributed by atoms with Crippen molar-refractivity contribution in [3.8, 4) is 21.9 Å². The number of thiophene rings is 1. The van der Waals surface area contributed by atoms with E-state index in [4.69, 9.17) is 24.4 Å². The van der Waals surface area contributed by atoms with Crippen molar-refractivity contribution < 1.29 is 28.2 Å². The highest BCUT2D eigenvalue weighted by molar-refractivity contribution is 7.22. The maximum atomic E-state index is 13.6. The summed E-state index contributed by atoms with van der Waals surface area (Å²) < 4.78 is 25.4. The molecule has 3 N–H and O–H groups in total. The summed E-state index contributed by atoms with van der Waals surface area (Å²) in [6.45, 7) is 19.5. The molecule has 4 aromatic carbocycles. The van der Waals surface area contributed by atoms with Crippen LogP contribution in [0.3, 0.4) is 0 Å². The average molecular weight is 850 g/mol. The molecule has 1 saturated heterocycles. The first-order valence-corrected chi connectivity index (χ1v) is 24.8. The molecule has 1 aliphatic rings. The summed E-state index contributed by atoms with van der Waals surface area (Å²) in [5.41, 5.74) is 12.2. The molecule has 0 bridgehead atoms. The van der Waals surface area contributed by atoms with Crippen LogP contribution in [0.4, 0.5) is 5.69 Å². The van der Waals surface area contributed by atoms with Crippen LogP contribution in [0.25, 0.3) is 20.5 Å². The standard InChI is InChI=1S/C49H63N3O6SSi/c1-48(2,3)57-47(54)41(46(50)58-60(8,9)49(4,5)6)30-44(53)51-37-21-19-35(20-22-37)45-40(27-34-17-18-36(42(28-34)55-7)31-52-25-13-14-26-52)39-24-23-38(29-43(39)59-45)56-32-33-15-11-10-12-16-33/h10-12,15-24,28-29,41,46H,13-14,25-27,30-32,50H2,1-9H3,(H,51,53). The number of methoxy groups -OCH3 is 1. The van der Waals surface area contributed by atoms with Crippen LogP contribution in [0, 0.1) is 5.92 Å². The van der Waals surface area contributed by atoms with Gasteiger partial charge in [-0.1, -0.05) is 75.4 Å². The maximum absolute atomic E-state index is 13.6. The third kappa shape index (κ3) is 11.6. The number of carbonyl (C=O) groups excluding carboxylic acids is 2. The quantitative estimate of drug-likeness (QED) is 0.0573. The van der Waals surface area contributed by atoms with E-state index < -0.39 is 32.0 Å². The van der Waals surface area contributed by atoms with Crippen molar-refractivity contribution >= 4 is 47.3 Å². The molecule has 1 fully saturated rings. The van der Waals surface area contributed by atoms with Crippen molar-refractivity contribution in [2.24, 2.45) is 11.7 Å². The highest BCUT2D eigenvalue weighted by Gasteiger charge is 2.42. The van der Waals surface area contributed by atoms with E-state index in [9.17, 15) is 9.59 Å². The number of rotatable bonds is 16. The van der Waals surface area contributed by atoms with Gasteiger partial charge in [0.25, 0.3) is 0 Å². The van der Waals surface area contributed by atoms with E-state index in [1.54, 1.807) is 39.2 Å². The van der Waals surface area contributed by atoms with Crippen LogP contribution < -0.4 is 20.5 Å². The minimum atomic E-state index is -2.36. The Kier molecular flexibility index (Phi) is 14.3. The molecule has 0 saturated carbocycles. The minimum Gasteiger partial charge on any atom is -0.496 e. The number of hydrogen-bond acceptors (Lipinski definition) is 9. The Morgan fingerprint density at radius 3 is 2.23 bits per heavy atom. The molecule has 1 aromatic heterocycles. The molecule has 6 rings (SSSR count). The molecule has 2 atom stereocenters. The van der Waals surface area contributed by atoms with Gasteiger partial charge >= 0.3 is 5.97 Å². The van der Waals surface area contributed by atoms with E-state index in [-0.39, 0.29) is 17.4 Å². The lowest BCUT2D eigenvalue weighted by Crippen LogP contribution is -2.51. The van der Waals surface area contributed by atoms with Crippen LogP contribution in [0.15, 0.2) is 91.0 Å². The molecule has 9 nitrogen and oxygen atoms in total. The van der Waals surface area contributed by atoms with Gasteiger partial charge in [0.05, 0.1) is 7.11 Å². The van der Waals surface area contributed by atoms with Crippen LogP contribution in [0.2, 0.25) is 18.1 Å². The number of esters is 1. The Morgan fingerprint density at radius 2 is 1.58 bits per heavy atom. The average Bonchev–Trinajstić information content (AvgIpc) is 3.83. The summed E-state index contributed by atoms with van der Waals surface area (Å²) in [4.78, 5) is 30.7. The highest BCUT2D eigenvalue weighted by Crippen LogP contribution is 2.42. The van der Waals surface area contributed by atoms with Crippen molar-refractivity contribution in [3.63, 3.8) is 0 Å². The van der Waals surface area contributed by atoms with Gasteiger partial charge < -0.3 is 29.7 Å². The fraction of sp³-hybridized carbons (Fsp3) is 0.429. The lowest BCUT2D eigenvalue weighted by Gasteiger charge is -2.40. The fourth-order valence-corrected chi connectivity index (χ4v) is 9.67. The number of nitrogens with zero attached hydrogens (tertiary/aromatic N) is 1. The molecule has 1 amide bonds.